The zero-order chi connectivity index (χ0) is 31.6. The number of hydrogen-bond donors (Lipinski definition) is 3. The van der Waals surface area contributed by atoms with Crippen molar-refractivity contribution in [2.24, 2.45) is 0 Å². The molecule has 2 aliphatic heterocycles. The van der Waals surface area contributed by atoms with Crippen LogP contribution in [0.1, 0.15) is 35.0 Å². The number of rotatable bonds is 9. The molecular weight excluding hydrogens is 596 g/mol. The van der Waals surface area contributed by atoms with Gasteiger partial charge in [-0.2, -0.15) is 0 Å². The molecule has 0 unspecified atom stereocenters. The molecule has 0 spiro atoms. The van der Waals surface area contributed by atoms with E-state index in [1.807, 2.05) is 23.2 Å². The van der Waals surface area contributed by atoms with E-state index in [1.54, 1.807) is 6.07 Å². The van der Waals surface area contributed by atoms with Gasteiger partial charge in [0.25, 0.3) is 5.56 Å². The first-order valence-corrected chi connectivity index (χ1v) is 17.7. The summed E-state index contributed by atoms with van der Waals surface area (Å²) in [7, 11) is -1.23. The number of fused-ring (bicyclic) bond motifs is 1. The first-order valence-electron chi connectivity index (χ1n) is 15.8. The minimum Gasteiger partial charge on any atom is -0.491 e. The smallest absolute Gasteiger partial charge is 0.259 e. The van der Waals surface area contributed by atoms with Crippen LogP contribution < -0.4 is 25.2 Å². The molecule has 250 valence electrons. The van der Waals surface area contributed by atoms with Crippen LogP contribution in [0, 0.1) is 0 Å². The Bertz CT molecular complexity index is 1540. The predicted octanol–water partition coefficient (Wildman–Crippen LogP) is 3.08. The van der Waals surface area contributed by atoms with Crippen molar-refractivity contribution in [2.75, 3.05) is 93.9 Å². The van der Waals surface area contributed by atoms with E-state index in [-0.39, 0.29) is 14.1 Å². The molecule has 3 aliphatic rings. The predicted molar refractivity (Wildman–Crippen MR) is 182 cm³/mol. The highest BCUT2D eigenvalue weighted by molar-refractivity contribution is 7.92. The summed E-state index contributed by atoms with van der Waals surface area (Å²) in [5.41, 5.74) is 0.479. The Morgan fingerprint density at radius 3 is 2.47 bits per heavy atom. The van der Waals surface area contributed by atoms with Gasteiger partial charge in [-0.15, -0.1) is 0 Å². The molecule has 1 aliphatic carbocycles. The van der Waals surface area contributed by atoms with Crippen molar-refractivity contribution in [1.82, 2.24) is 24.8 Å². The van der Waals surface area contributed by atoms with Gasteiger partial charge in [-0.1, -0.05) is 19.3 Å². The molecule has 0 amide bonds. The third-order valence-electron chi connectivity index (χ3n) is 8.30. The van der Waals surface area contributed by atoms with Crippen molar-refractivity contribution in [3.05, 3.63) is 47.0 Å². The second-order valence-corrected chi connectivity index (χ2v) is 13.7. The van der Waals surface area contributed by atoms with Gasteiger partial charge in [0.15, 0.2) is 0 Å². The molecule has 0 radical (unpaired) electrons. The number of piperazine rings is 1. The average molecular weight is 647 g/mol. The van der Waals surface area contributed by atoms with Crippen LogP contribution in [0.15, 0.2) is 41.5 Å². The summed E-state index contributed by atoms with van der Waals surface area (Å²) in [6.07, 6.45) is 10.9. The standard InChI is InChI=1S/C18H30N4O.C13H16N4O4S.2H2/c1-21-9-11-22(12-10-21)13-14-23-17-7-8-18(19-15-17)20-16-5-3-2-4-6-16;1-22(19,20)16-9-6-10-11(14-8-9)7-12(15-13(10)18)17-2-4-21-5-3-17;;/h7-8,15-16H,2-6,9-14H2,1H3,(H,19,20);6-8,16H,2-5H2,1H3,(H,15,18);2*1H. The number of nitrogens with one attached hydrogen (secondary N) is 3. The average Bonchev–Trinajstić information content (AvgIpc) is 3.04. The Hall–Kier alpha value is -3.46. The number of pyridine rings is 3. The van der Waals surface area contributed by atoms with Crippen molar-refractivity contribution in [3.63, 3.8) is 0 Å². The van der Waals surface area contributed by atoms with Gasteiger partial charge < -0.3 is 29.6 Å². The molecule has 3 N–H and O–H groups in total. The molecule has 0 atom stereocenters. The van der Waals surface area contributed by atoms with Crippen molar-refractivity contribution in [3.8, 4) is 5.75 Å². The number of aromatic nitrogens is 3. The Labute approximate surface area is 268 Å². The van der Waals surface area contributed by atoms with Crippen LogP contribution in [0.3, 0.4) is 0 Å². The normalized spacial score (nSPS) is 18.7. The molecule has 5 heterocycles. The molecular formula is C31H50N8O5S. The van der Waals surface area contributed by atoms with Gasteiger partial charge in [0, 0.05) is 60.8 Å². The summed E-state index contributed by atoms with van der Waals surface area (Å²) in [5, 5.41) is 3.88. The maximum atomic E-state index is 12.2. The van der Waals surface area contributed by atoms with Gasteiger partial charge in [-0.3, -0.25) is 19.4 Å². The van der Waals surface area contributed by atoms with Gasteiger partial charge in [0.1, 0.15) is 24.0 Å². The Morgan fingerprint density at radius 2 is 1.78 bits per heavy atom. The lowest BCUT2D eigenvalue weighted by Gasteiger charge is -2.32. The maximum Gasteiger partial charge on any atom is 0.259 e. The zero-order valence-electron chi connectivity index (χ0n) is 26.3. The Morgan fingerprint density at radius 1 is 1.02 bits per heavy atom. The van der Waals surface area contributed by atoms with Crippen LogP contribution in [0.4, 0.5) is 17.3 Å². The Balaban J connectivity index is 0.000000245. The molecule has 6 rings (SSSR count). The second kappa shape index (κ2) is 15.7. The first kappa shape index (κ1) is 32.9. The quantitative estimate of drug-likeness (QED) is 0.315. The number of ether oxygens (including phenoxy) is 2. The molecule has 3 aromatic rings. The fraction of sp³-hybridized carbons (Fsp3) is 0.581. The van der Waals surface area contributed by atoms with E-state index in [4.69, 9.17) is 9.47 Å². The number of nitrogens with zero attached hydrogens (tertiary/aromatic N) is 5. The topological polar surface area (TPSA) is 145 Å². The molecule has 2 saturated heterocycles. The highest BCUT2D eigenvalue weighted by Crippen LogP contribution is 2.22. The largest absolute Gasteiger partial charge is 0.491 e. The van der Waals surface area contributed by atoms with E-state index in [2.05, 4.69) is 41.8 Å². The molecule has 14 heteroatoms. The monoisotopic (exact) mass is 646 g/mol. The third-order valence-corrected chi connectivity index (χ3v) is 8.91. The van der Waals surface area contributed by atoms with Crippen LogP contribution in [-0.2, 0) is 14.8 Å². The number of anilines is 3. The number of aromatic amines is 1. The van der Waals surface area contributed by atoms with Crippen LogP contribution >= 0.6 is 0 Å². The fourth-order valence-corrected chi connectivity index (χ4v) is 6.28. The third kappa shape index (κ3) is 10.3. The lowest BCUT2D eigenvalue weighted by Crippen LogP contribution is -2.45. The van der Waals surface area contributed by atoms with Crippen LogP contribution in [0.5, 0.6) is 5.75 Å². The lowest BCUT2D eigenvalue weighted by molar-refractivity contribution is 0.122. The van der Waals surface area contributed by atoms with Crippen LogP contribution in [-0.4, -0.2) is 118 Å². The maximum absolute atomic E-state index is 12.2. The number of H-pyrrole nitrogens is 1. The second-order valence-electron chi connectivity index (χ2n) is 12.0. The summed E-state index contributed by atoms with van der Waals surface area (Å²) >= 11 is 0. The number of hydrogen-bond acceptors (Lipinski definition) is 11. The van der Waals surface area contributed by atoms with Gasteiger partial charge in [0.05, 0.1) is 48.5 Å². The van der Waals surface area contributed by atoms with Gasteiger partial charge >= 0.3 is 0 Å². The van der Waals surface area contributed by atoms with Gasteiger partial charge in [-0.05, 0) is 38.1 Å². The summed E-state index contributed by atoms with van der Waals surface area (Å²) < 4.78 is 35.9. The number of likely N-dealkylation sites (N-methyl/N-ethyl adjacent to an activating group) is 1. The summed E-state index contributed by atoms with van der Waals surface area (Å²) in [5.74, 6) is 2.54. The number of morpholine rings is 1. The van der Waals surface area contributed by atoms with Crippen LogP contribution in [0.2, 0.25) is 0 Å². The van der Waals surface area contributed by atoms with Crippen molar-refractivity contribution >= 4 is 38.2 Å². The zero-order valence-corrected chi connectivity index (χ0v) is 27.2. The molecule has 1 saturated carbocycles. The highest BCUT2D eigenvalue weighted by atomic mass is 32.2. The SMILES string of the molecule is CN1CCN(CCOc2ccc(NC3CCCCC3)nc2)CC1.CS(=O)(=O)Nc1cnc2cc(N3CCOCC3)[nH]c(=O)c2c1.[HH].[HH]. The van der Waals surface area contributed by atoms with E-state index in [0.29, 0.717) is 49.1 Å². The van der Waals surface area contributed by atoms with Gasteiger partial charge in [-0.25, -0.2) is 13.4 Å². The van der Waals surface area contributed by atoms with Crippen LogP contribution in [0.25, 0.3) is 10.9 Å². The summed E-state index contributed by atoms with van der Waals surface area (Å²) in [6.45, 7) is 8.97. The van der Waals surface area contributed by atoms with Crippen molar-refractivity contribution in [1.29, 1.82) is 0 Å². The van der Waals surface area contributed by atoms with E-state index >= 15 is 0 Å². The van der Waals surface area contributed by atoms with E-state index in [1.165, 1.54) is 44.4 Å². The van der Waals surface area contributed by atoms with Crippen molar-refractivity contribution in [2.45, 2.75) is 38.1 Å². The first-order chi connectivity index (χ1) is 21.7. The van der Waals surface area contributed by atoms with E-state index < -0.39 is 10.0 Å². The molecule has 0 bridgehead atoms. The summed E-state index contributed by atoms with van der Waals surface area (Å²) in [6, 6.07) is 7.93. The molecule has 45 heavy (non-hydrogen) atoms. The highest BCUT2D eigenvalue weighted by Gasteiger charge is 2.16. The molecule has 13 nitrogen and oxygen atoms in total. The molecule has 3 aromatic heterocycles. The minimum absolute atomic E-state index is 0. The molecule has 0 aromatic carbocycles. The van der Waals surface area contributed by atoms with E-state index in [9.17, 15) is 13.2 Å². The number of sulfonamides is 1. The minimum atomic E-state index is -3.41. The summed E-state index contributed by atoms with van der Waals surface area (Å²) in [4.78, 5) is 30.6. The fourth-order valence-electron chi connectivity index (χ4n) is 5.74. The Kier molecular flexibility index (Phi) is 11.5. The molecule has 3 fully saturated rings. The van der Waals surface area contributed by atoms with Gasteiger partial charge in [0.2, 0.25) is 10.0 Å². The lowest BCUT2D eigenvalue weighted by atomic mass is 9.95. The van der Waals surface area contributed by atoms with E-state index in [0.717, 1.165) is 57.2 Å². The van der Waals surface area contributed by atoms with Crippen molar-refractivity contribution < 1.29 is 20.7 Å².